The Morgan fingerprint density at radius 2 is 2.23 bits per heavy atom. The molecule has 1 saturated carbocycles. The maximum absolute atomic E-state index is 9.51. The van der Waals surface area contributed by atoms with Crippen LogP contribution in [-0.4, -0.2) is 40.6 Å². The summed E-state index contributed by atoms with van der Waals surface area (Å²) in [6.07, 6.45) is 3.59. The van der Waals surface area contributed by atoms with Crippen molar-refractivity contribution in [2.75, 3.05) is 18.4 Å². The van der Waals surface area contributed by atoms with Gasteiger partial charge in [0, 0.05) is 24.5 Å². The number of alkyl halides is 1. The van der Waals surface area contributed by atoms with Gasteiger partial charge in [-0.15, -0.1) is 0 Å². The second-order valence-electron chi connectivity index (χ2n) is 4.80. The molecule has 2 fully saturated rings. The molecule has 2 rings (SSSR count). The minimum atomic E-state index is -0.0823. The first-order chi connectivity index (χ1) is 6.15. The van der Waals surface area contributed by atoms with Crippen molar-refractivity contribution in [3.8, 4) is 0 Å². The lowest BCUT2D eigenvalue weighted by molar-refractivity contribution is 0.166. The molecule has 2 atom stereocenters. The van der Waals surface area contributed by atoms with Crippen LogP contribution >= 0.6 is 15.9 Å². The lowest BCUT2D eigenvalue weighted by atomic mass is 10.1. The van der Waals surface area contributed by atoms with Crippen molar-refractivity contribution < 1.29 is 5.11 Å². The number of rotatable bonds is 3. The molecular weight excluding hydrogens is 230 g/mol. The molecule has 2 aliphatic rings. The van der Waals surface area contributed by atoms with Crippen molar-refractivity contribution >= 4 is 15.9 Å². The molecule has 0 radical (unpaired) electrons. The van der Waals surface area contributed by atoms with Crippen LogP contribution in [0.1, 0.15) is 26.2 Å². The van der Waals surface area contributed by atoms with Crippen LogP contribution in [0.25, 0.3) is 0 Å². The molecule has 1 aliphatic heterocycles. The van der Waals surface area contributed by atoms with Crippen LogP contribution in [0.4, 0.5) is 0 Å². The number of β-amino-alcohol motifs (C(OH)–C–C–N with tert-alkyl or cyclic N) is 1. The first-order valence-electron chi connectivity index (χ1n) is 5.13. The molecule has 13 heavy (non-hydrogen) atoms. The fraction of sp³-hybridized carbons (Fsp3) is 1.00. The lowest BCUT2D eigenvalue weighted by Gasteiger charge is -2.25. The summed E-state index contributed by atoms with van der Waals surface area (Å²) in [6, 6.07) is 0.575. The average Bonchev–Trinajstić information content (AvgIpc) is 2.77. The van der Waals surface area contributed by atoms with E-state index in [4.69, 9.17) is 0 Å². The molecule has 2 nitrogen and oxygen atoms in total. The third-order valence-corrected chi connectivity index (χ3v) is 4.65. The van der Waals surface area contributed by atoms with Crippen LogP contribution in [0.15, 0.2) is 0 Å². The van der Waals surface area contributed by atoms with E-state index in [1.807, 2.05) is 0 Å². The highest BCUT2D eigenvalue weighted by Crippen LogP contribution is 2.48. The number of halogens is 1. The van der Waals surface area contributed by atoms with Crippen LogP contribution in [0.2, 0.25) is 0 Å². The zero-order chi connectivity index (χ0) is 9.47. The van der Waals surface area contributed by atoms with E-state index in [-0.39, 0.29) is 6.10 Å². The van der Waals surface area contributed by atoms with Crippen LogP contribution in [0.3, 0.4) is 0 Å². The molecule has 1 aliphatic carbocycles. The van der Waals surface area contributed by atoms with Crippen LogP contribution in [-0.2, 0) is 0 Å². The monoisotopic (exact) mass is 247 g/mol. The molecule has 0 bridgehead atoms. The summed E-state index contributed by atoms with van der Waals surface area (Å²) in [7, 11) is 0. The Hall–Kier alpha value is 0.400. The molecule has 1 N–H and O–H groups in total. The van der Waals surface area contributed by atoms with Crippen LogP contribution < -0.4 is 0 Å². The maximum Gasteiger partial charge on any atom is 0.0682 e. The number of hydrogen-bond donors (Lipinski definition) is 1. The molecule has 0 aromatic rings. The van der Waals surface area contributed by atoms with Crippen LogP contribution in [0, 0.1) is 5.41 Å². The van der Waals surface area contributed by atoms with E-state index < -0.39 is 0 Å². The molecule has 3 heteroatoms. The van der Waals surface area contributed by atoms with E-state index in [1.165, 1.54) is 19.4 Å². The van der Waals surface area contributed by atoms with Gasteiger partial charge in [-0.2, -0.15) is 0 Å². The Morgan fingerprint density at radius 3 is 2.62 bits per heavy atom. The van der Waals surface area contributed by atoms with Crippen molar-refractivity contribution in [2.24, 2.45) is 5.41 Å². The molecule has 0 aromatic carbocycles. The first-order valence-corrected chi connectivity index (χ1v) is 6.25. The van der Waals surface area contributed by atoms with Gasteiger partial charge in [-0.25, -0.2) is 0 Å². The fourth-order valence-corrected chi connectivity index (χ4v) is 2.97. The topological polar surface area (TPSA) is 23.5 Å². The van der Waals surface area contributed by atoms with Gasteiger partial charge in [0.25, 0.3) is 0 Å². The number of nitrogens with zero attached hydrogens (tertiary/aromatic N) is 1. The number of aliphatic hydroxyl groups excluding tert-OH is 1. The van der Waals surface area contributed by atoms with Gasteiger partial charge in [-0.05, 0) is 31.6 Å². The standard InChI is InChI=1S/C10H18BrNO/c1-8-4-9(13)5-12(8)7-10(6-11)2-3-10/h8-9,13H,2-7H2,1H3. The van der Waals surface area contributed by atoms with Crippen molar-refractivity contribution in [1.82, 2.24) is 4.90 Å². The third kappa shape index (κ3) is 2.08. The second kappa shape index (κ2) is 3.52. The minimum Gasteiger partial charge on any atom is -0.392 e. The fourth-order valence-electron chi connectivity index (χ4n) is 2.23. The summed E-state index contributed by atoms with van der Waals surface area (Å²) in [5, 5.41) is 10.6. The Balaban J connectivity index is 1.88. The Labute approximate surface area is 88.4 Å². The SMILES string of the molecule is CC1CC(O)CN1CC1(CBr)CC1. The van der Waals surface area contributed by atoms with Gasteiger partial charge in [0.2, 0.25) is 0 Å². The quantitative estimate of drug-likeness (QED) is 0.767. The van der Waals surface area contributed by atoms with E-state index in [0.717, 1.165) is 18.3 Å². The number of hydrogen-bond acceptors (Lipinski definition) is 2. The molecular formula is C10H18BrNO. The van der Waals surface area contributed by atoms with Gasteiger partial charge in [0.05, 0.1) is 6.10 Å². The Kier molecular flexibility index (Phi) is 2.69. The molecule has 1 saturated heterocycles. The molecule has 0 aromatic heterocycles. The summed E-state index contributed by atoms with van der Waals surface area (Å²) in [5.41, 5.74) is 0.554. The zero-order valence-corrected chi connectivity index (χ0v) is 9.76. The summed E-state index contributed by atoms with van der Waals surface area (Å²) in [6.45, 7) is 4.28. The normalized spacial score (nSPS) is 38.1. The third-order valence-electron chi connectivity index (χ3n) is 3.46. The molecule has 0 spiro atoms. The summed E-state index contributed by atoms with van der Waals surface area (Å²) < 4.78 is 0. The van der Waals surface area contributed by atoms with Crippen molar-refractivity contribution in [3.63, 3.8) is 0 Å². The number of likely N-dealkylation sites (tertiary alicyclic amines) is 1. The first kappa shape index (κ1) is 9.94. The summed E-state index contributed by atoms with van der Waals surface area (Å²) in [5.74, 6) is 0. The van der Waals surface area contributed by atoms with Crippen LogP contribution in [0.5, 0.6) is 0 Å². The van der Waals surface area contributed by atoms with E-state index in [9.17, 15) is 5.11 Å². The van der Waals surface area contributed by atoms with Gasteiger partial charge in [-0.3, -0.25) is 4.90 Å². The Morgan fingerprint density at radius 1 is 1.54 bits per heavy atom. The van der Waals surface area contributed by atoms with E-state index >= 15 is 0 Å². The van der Waals surface area contributed by atoms with E-state index in [0.29, 0.717) is 11.5 Å². The maximum atomic E-state index is 9.51. The van der Waals surface area contributed by atoms with Gasteiger partial charge in [0.1, 0.15) is 0 Å². The largest absolute Gasteiger partial charge is 0.392 e. The highest BCUT2D eigenvalue weighted by Gasteiger charge is 2.44. The van der Waals surface area contributed by atoms with E-state index in [1.54, 1.807) is 0 Å². The highest BCUT2D eigenvalue weighted by atomic mass is 79.9. The summed E-state index contributed by atoms with van der Waals surface area (Å²) in [4.78, 5) is 2.44. The molecule has 0 amide bonds. The molecule has 2 unspecified atom stereocenters. The predicted octanol–water partition coefficient (Wildman–Crippen LogP) is 1.62. The second-order valence-corrected chi connectivity index (χ2v) is 5.36. The summed E-state index contributed by atoms with van der Waals surface area (Å²) >= 11 is 3.59. The van der Waals surface area contributed by atoms with Crippen molar-refractivity contribution in [2.45, 2.75) is 38.3 Å². The minimum absolute atomic E-state index is 0.0823. The zero-order valence-electron chi connectivity index (χ0n) is 8.17. The molecule has 1 heterocycles. The lowest BCUT2D eigenvalue weighted by Crippen LogP contribution is -2.34. The van der Waals surface area contributed by atoms with E-state index in [2.05, 4.69) is 27.8 Å². The van der Waals surface area contributed by atoms with Crippen molar-refractivity contribution in [1.29, 1.82) is 0 Å². The molecule has 76 valence electrons. The van der Waals surface area contributed by atoms with Crippen molar-refractivity contribution in [3.05, 3.63) is 0 Å². The van der Waals surface area contributed by atoms with Gasteiger partial charge in [0.15, 0.2) is 0 Å². The van der Waals surface area contributed by atoms with Gasteiger partial charge >= 0.3 is 0 Å². The van der Waals surface area contributed by atoms with Gasteiger partial charge in [-0.1, -0.05) is 15.9 Å². The number of aliphatic hydroxyl groups is 1. The average molecular weight is 248 g/mol. The predicted molar refractivity (Wildman–Crippen MR) is 57.1 cm³/mol. The Bertz CT molecular complexity index is 193. The smallest absolute Gasteiger partial charge is 0.0682 e. The van der Waals surface area contributed by atoms with Gasteiger partial charge < -0.3 is 5.11 Å². The highest BCUT2D eigenvalue weighted by molar-refractivity contribution is 9.09.